The summed E-state index contributed by atoms with van der Waals surface area (Å²) >= 11 is 0.774. The van der Waals surface area contributed by atoms with Crippen molar-refractivity contribution in [2.45, 2.75) is 11.7 Å². The van der Waals surface area contributed by atoms with Crippen molar-refractivity contribution >= 4 is 24.0 Å². The van der Waals surface area contributed by atoms with Gasteiger partial charge < -0.3 is 15.6 Å². The molecule has 0 saturated heterocycles. The average Bonchev–Trinajstić information content (AvgIpc) is 2.10. The van der Waals surface area contributed by atoms with Crippen molar-refractivity contribution in [3.05, 3.63) is 0 Å². The molecule has 0 rings (SSSR count). The van der Waals surface area contributed by atoms with Crippen LogP contribution in [-0.2, 0) is 9.59 Å². The van der Waals surface area contributed by atoms with Crippen LogP contribution in [0.3, 0.4) is 0 Å². The molecule has 0 aromatic rings. The van der Waals surface area contributed by atoms with Gasteiger partial charge in [-0.15, -0.1) is 0 Å². The number of hydrogen-bond donors (Lipinski definition) is 2. The van der Waals surface area contributed by atoms with Crippen LogP contribution >= 0.6 is 11.8 Å². The summed E-state index contributed by atoms with van der Waals surface area (Å²) in [6.45, 7) is 0. The molecule has 0 spiro atoms. The first-order valence-corrected chi connectivity index (χ1v) is 5.13. The largest absolute Gasteiger partial charge is 0.480 e. The van der Waals surface area contributed by atoms with Gasteiger partial charge in [-0.05, 0) is 6.26 Å². The van der Waals surface area contributed by atoms with Crippen molar-refractivity contribution in [3.63, 3.8) is 0 Å². The lowest BCUT2D eigenvalue weighted by molar-refractivity contribution is -0.193. The van der Waals surface area contributed by atoms with Gasteiger partial charge in [-0.2, -0.15) is 24.9 Å². The number of halogens is 3. The Kier molecular flexibility index (Phi) is 4.60. The zero-order valence-corrected chi connectivity index (χ0v) is 8.56. The predicted octanol–water partition coefficient (Wildman–Crippen LogP) is 0.509. The predicted molar refractivity (Wildman–Crippen MR) is 48.5 cm³/mol. The Morgan fingerprint density at radius 3 is 2.27 bits per heavy atom. The molecule has 0 radical (unpaired) electrons. The molecular formula is C7H10F3NO3S. The summed E-state index contributed by atoms with van der Waals surface area (Å²) in [5.41, 5.74) is 2.04. The number of hydrogen-bond acceptors (Lipinski definition) is 4. The first-order valence-electron chi connectivity index (χ1n) is 3.74. The highest BCUT2D eigenvalue weighted by Crippen LogP contribution is 2.34. The molecule has 4 nitrogen and oxygen atoms in total. The second-order valence-corrected chi connectivity index (χ2v) is 3.82. The van der Waals surface area contributed by atoms with E-state index in [0.717, 1.165) is 11.8 Å². The van der Waals surface area contributed by atoms with Gasteiger partial charge in [0.15, 0.2) is 11.8 Å². The van der Waals surface area contributed by atoms with Crippen LogP contribution < -0.4 is 5.73 Å². The Hall–Kier alpha value is -0.760. The number of carbonyl (C=O) groups excluding carboxylic acids is 1. The highest BCUT2D eigenvalue weighted by atomic mass is 32.2. The highest BCUT2D eigenvalue weighted by Gasteiger charge is 2.55. The molecule has 0 aliphatic rings. The summed E-state index contributed by atoms with van der Waals surface area (Å²) in [4.78, 5) is 21.0. The van der Waals surface area contributed by atoms with Gasteiger partial charge in [0.1, 0.15) is 0 Å². The summed E-state index contributed by atoms with van der Waals surface area (Å²) in [6.07, 6.45) is -3.83. The number of carboxylic acids is 1. The topological polar surface area (TPSA) is 80.4 Å². The molecule has 0 aromatic heterocycles. The first-order chi connectivity index (χ1) is 6.70. The minimum absolute atomic E-state index is 0.371. The van der Waals surface area contributed by atoms with Crippen molar-refractivity contribution in [1.29, 1.82) is 0 Å². The van der Waals surface area contributed by atoms with Gasteiger partial charge >= 0.3 is 12.1 Å². The third-order valence-electron chi connectivity index (χ3n) is 1.87. The molecule has 8 heteroatoms. The molecule has 2 unspecified atom stereocenters. The molecule has 2 atom stereocenters. The quantitative estimate of drug-likeness (QED) is 0.545. The van der Waals surface area contributed by atoms with Crippen molar-refractivity contribution in [1.82, 2.24) is 0 Å². The van der Waals surface area contributed by atoms with Gasteiger partial charge in [0.2, 0.25) is 0 Å². The SMILES string of the molecule is CSCC(C(F)(F)F)C(N)(C=O)C(=O)O. The summed E-state index contributed by atoms with van der Waals surface area (Å²) in [5, 5.41) is 8.53. The number of carboxylic acid groups (broad SMARTS) is 1. The molecule has 0 aliphatic carbocycles. The van der Waals surface area contributed by atoms with E-state index >= 15 is 0 Å². The Bertz CT molecular complexity index is 258. The van der Waals surface area contributed by atoms with Gasteiger partial charge in [-0.25, -0.2) is 4.79 Å². The van der Waals surface area contributed by atoms with Gasteiger partial charge in [-0.1, -0.05) is 0 Å². The van der Waals surface area contributed by atoms with Gasteiger partial charge in [0, 0.05) is 5.75 Å². The van der Waals surface area contributed by atoms with Crippen LogP contribution in [0.15, 0.2) is 0 Å². The van der Waals surface area contributed by atoms with Crippen molar-refractivity contribution in [3.8, 4) is 0 Å². The number of aliphatic carboxylic acids is 1. The van der Waals surface area contributed by atoms with Gasteiger partial charge in [0.05, 0.1) is 5.92 Å². The third kappa shape index (κ3) is 3.10. The number of nitrogens with two attached hydrogens (primary N) is 1. The highest BCUT2D eigenvalue weighted by molar-refractivity contribution is 7.98. The summed E-state index contributed by atoms with van der Waals surface area (Å²) < 4.78 is 37.3. The molecule has 15 heavy (non-hydrogen) atoms. The molecule has 0 bridgehead atoms. The molecule has 0 saturated carbocycles. The Labute approximate surface area is 88.0 Å². The zero-order valence-electron chi connectivity index (χ0n) is 7.75. The van der Waals surface area contributed by atoms with Crippen LogP contribution in [0.1, 0.15) is 0 Å². The van der Waals surface area contributed by atoms with Crippen molar-refractivity contribution in [2.24, 2.45) is 11.7 Å². The van der Waals surface area contributed by atoms with E-state index in [1.807, 2.05) is 0 Å². The number of rotatable bonds is 5. The number of aldehydes is 1. The number of carbonyl (C=O) groups is 2. The molecule has 0 aromatic carbocycles. The maximum absolute atomic E-state index is 12.4. The Morgan fingerprint density at radius 2 is 2.07 bits per heavy atom. The molecule has 0 fully saturated rings. The fourth-order valence-electron chi connectivity index (χ4n) is 0.951. The lowest BCUT2D eigenvalue weighted by Crippen LogP contribution is -2.60. The fraction of sp³-hybridized carbons (Fsp3) is 0.714. The van der Waals surface area contributed by atoms with Crippen LogP contribution in [0.2, 0.25) is 0 Å². The van der Waals surface area contributed by atoms with Crippen LogP contribution in [0.4, 0.5) is 13.2 Å². The van der Waals surface area contributed by atoms with E-state index < -0.39 is 29.4 Å². The summed E-state index contributed by atoms with van der Waals surface area (Å²) in [6, 6.07) is 0. The molecule has 3 N–H and O–H groups in total. The second kappa shape index (κ2) is 4.84. The van der Waals surface area contributed by atoms with Crippen molar-refractivity contribution < 1.29 is 27.9 Å². The smallest absolute Gasteiger partial charge is 0.395 e. The minimum Gasteiger partial charge on any atom is -0.480 e. The number of alkyl halides is 3. The summed E-state index contributed by atoms with van der Waals surface area (Å²) in [7, 11) is 0. The van der Waals surface area contributed by atoms with Crippen LogP contribution in [-0.4, -0.2) is 41.1 Å². The van der Waals surface area contributed by atoms with E-state index in [0.29, 0.717) is 0 Å². The second-order valence-electron chi connectivity index (χ2n) is 2.91. The number of thioether (sulfide) groups is 1. The fourth-order valence-corrected chi connectivity index (χ4v) is 1.75. The standard InChI is InChI=1S/C7H10F3NO3S/c1-15-2-4(7(8,9)10)6(11,3-12)5(13)14/h3-4H,2,11H2,1H3,(H,13,14). The van der Waals surface area contributed by atoms with Crippen molar-refractivity contribution in [2.75, 3.05) is 12.0 Å². The van der Waals surface area contributed by atoms with Crippen LogP contribution in [0.5, 0.6) is 0 Å². The molecular weight excluding hydrogens is 235 g/mol. The third-order valence-corrected chi connectivity index (χ3v) is 2.54. The Balaban J connectivity index is 5.21. The normalized spacial score (nSPS) is 17.9. The molecule has 88 valence electrons. The van der Waals surface area contributed by atoms with Crippen LogP contribution in [0.25, 0.3) is 0 Å². The van der Waals surface area contributed by atoms with E-state index in [2.05, 4.69) is 0 Å². The molecule has 0 amide bonds. The Morgan fingerprint density at radius 1 is 1.60 bits per heavy atom. The molecule has 0 heterocycles. The maximum Gasteiger partial charge on any atom is 0.395 e. The van der Waals surface area contributed by atoms with E-state index in [1.54, 1.807) is 0 Å². The first kappa shape index (κ1) is 14.2. The van der Waals surface area contributed by atoms with Gasteiger partial charge in [0.25, 0.3) is 0 Å². The van der Waals surface area contributed by atoms with E-state index in [-0.39, 0.29) is 6.29 Å². The zero-order chi connectivity index (χ0) is 12.3. The average molecular weight is 245 g/mol. The lowest BCUT2D eigenvalue weighted by Gasteiger charge is -2.29. The van der Waals surface area contributed by atoms with Crippen LogP contribution in [0, 0.1) is 5.92 Å². The molecule has 0 aliphatic heterocycles. The van der Waals surface area contributed by atoms with E-state index in [4.69, 9.17) is 10.8 Å². The monoisotopic (exact) mass is 245 g/mol. The van der Waals surface area contributed by atoms with Gasteiger partial charge in [-0.3, -0.25) is 0 Å². The lowest BCUT2D eigenvalue weighted by atomic mass is 9.87. The van der Waals surface area contributed by atoms with E-state index in [9.17, 15) is 22.8 Å². The van der Waals surface area contributed by atoms with E-state index in [1.165, 1.54) is 6.26 Å². The maximum atomic E-state index is 12.4. The minimum atomic E-state index is -4.82. The summed E-state index contributed by atoms with van der Waals surface area (Å²) in [5.74, 6) is -4.95.